The summed E-state index contributed by atoms with van der Waals surface area (Å²) in [5.41, 5.74) is 7.64. The van der Waals surface area contributed by atoms with Gasteiger partial charge >= 0.3 is 0 Å². The SMILES string of the molecule is CCn1c2ccccc2c2c3c(-c4ccccc4)cc(C4CCCCC4)nc3ccc21. The molecule has 1 fully saturated rings. The van der Waals surface area contributed by atoms with E-state index in [9.17, 15) is 0 Å². The third-order valence-electron chi connectivity index (χ3n) is 7.15. The van der Waals surface area contributed by atoms with Crippen LogP contribution in [0.25, 0.3) is 43.8 Å². The van der Waals surface area contributed by atoms with E-state index in [2.05, 4.69) is 84.3 Å². The predicted molar refractivity (Wildman–Crippen MR) is 132 cm³/mol. The van der Waals surface area contributed by atoms with Gasteiger partial charge in [-0.2, -0.15) is 0 Å². The molecule has 2 heterocycles. The van der Waals surface area contributed by atoms with Gasteiger partial charge in [-0.1, -0.05) is 67.8 Å². The minimum absolute atomic E-state index is 0.591. The van der Waals surface area contributed by atoms with E-state index < -0.39 is 0 Å². The summed E-state index contributed by atoms with van der Waals surface area (Å²) in [6.45, 7) is 3.20. The lowest BCUT2D eigenvalue weighted by molar-refractivity contribution is 0.437. The maximum absolute atomic E-state index is 5.27. The summed E-state index contributed by atoms with van der Waals surface area (Å²) in [7, 11) is 0. The van der Waals surface area contributed by atoms with Gasteiger partial charge in [-0.25, -0.2) is 0 Å². The number of nitrogens with zero attached hydrogens (tertiary/aromatic N) is 2. The van der Waals surface area contributed by atoms with Gasteiger partial charge in [-0.05, 0) is 55.2 Å². The van der Waals surface area contributed by atoms with Crippen molar-refractivity contribution in [3.05, 3.63) is 78.5 Å². The zero-order chi connectivity index (χ0) is 20.8. The van der Waals surface area contributed by atoms with Crippen LogP contribution in [0.15, 0.2) is 72.8 Å². The summed E-state index contributed by atoms with van der Waals surface area (Å²) >= 11 is 0. The Morgan fingerprint density at radius 1 is 0.806 bits per heavy atom. The Labute approximate surface area is 183 Å². The van der Waals surface area contributed by atoms with Crippen molar-refractivity contribution in [3.8, 4) is 11.1 Å². The van der Waals surface area contributed by atoms with Crippen LogP contribution in [0.3, 0.4) is 0 Å². The largest absolute Gasteiger partial charge is 0.341 e. The molecular weight excluding hydrogens is 376 g/mol. The summed E-state index contributed by atoms with van der Waals surface area (Å²) < 4.78 is 2.44. The molecule has 0 amide bonds. The first kappa shape index (κ1) is 18.6. The summed E-state index contributed by atoms with van der Waals surface area (Å²) in [6, 6.07) is 26.7. The molecule has 154 valence electrons. The average molecular weight is 405 g/mol. The first-order valence-corrected chi connectivity index (χ1v) is 11.7. The van der Waals surface area contributed by atoms with E-state index in [0.29, 0.717) is 5.92 Å². The summed E-state index contributed by atoms with van der Waals surface area (Å²) in [5, 5.41) is 3.97. The lowest BCUT2D eigenvalue weighted by atomic mass is 9.85. The molecule has 0 N–H and O–H groups in total. The molecular formula is C29H28N2. The number of hydrogen-bond acceptors (Lipinski definition) is 1. The second-order valence-electron chi connectivity index (χ2n) is 8.91. The molecule has 2 heteroatoms. The van der Waals surface area contributed by atoms with E-state index >= 15 is 0 Å². The lowest BCUT2D eigenvalue weighted by Gasteiger charge is -2.22. The van der Waals surface area contributed by atoms with Crippen LogP contribution < -0.4 is 0 Å². The summed E-state index contributed by atoms with van der Waals surface area (Å²) in [4.78, 5) is 5.27. The van der Waals surface area contributed by atoms with Gasteiger partial charge in [0.05, 0.1) is 5.52 Å². The quantitative estimate of drug-likeness (QED) is 0.297. The maximum Gasteiger partial charge on any atom is 0.0719 e. The van der Waals surface area contributed by atoms with Gasteiger partial charge in [0.1, 0.15) is 0 Å². The van der Waals surface area contributed by atoms with Crippen molar-refractivity contribution in [2.45, 2.75) is 51.5 Å². The van der Waals surface area contributed by atoms with Crippen molar-refractivity contribution in [1.29, 1.82) is 0 Å². The highest BCUT2D eigenvalue weighted by Gasteiger charge is 2.21. The van der Waals surface area contributed by atoms with Gasteiger partial charge in [0, 0.05) is 45.3 Å². The third-order valence-corrected chi connectivity index (χ3v) is 7.15. The number of pyridine rings is 1. The maximum atomic E-state index is 5.27. The molecule has 3 aromatic carbocycles. The monoisotopic (exact) mass is 404 g/mol. The topological polar surface area (TPSA) is 17.8 Å². The van der Waals surface area contributed by atoms with E-state index in [4.69, 9.17) is 4.98 Å². The molecule has 0 atom stereocenters. The van der Waals surface area contributed by atoms with E-state index in [1.54, 1.807) is 0 Å². The van der Waals surface area contributed by atoms with Gasteiger partial charge in [-0.15, -0.1) is 0 Å². The molecule has 2 nitrogen and oxygen atoms in total. The third kappa shape index (κ3) is 2.96. The van der Waals surface area contributed by atoms with Crippen molar-refractivity contribution >= 4 is 32.7 Å². The second-order valence-corrected chi connectivity index (χ2v) is 8.91. The van der Waals surface area contributed by atoms with Crippen molar-refractivity contribution in [2.75, 3.05) is 0 Å². The fourth-order valence-corrected chi connectivity index (χ4v) is 5.68. The Morgan fingerprint density at radius 3 is 2.39 bits per heavy atom. The fourth-order valence-electron chi connectivity index (χ4n) is 5.68. The van der Waals surface area contributed by atoms with Crippen LogP contribution in [-0.2, 0) is 6.54 Å². The number of aryl methyl sites for hydroxylation is 1. The van der Waals surface area contributed by atoms with E-state index in [1.807, 2.05) is 0 Å². The first-order chi connectivity index (χ1) is 15.3. The summed E-state index contributed by atoms with van der Waals surface area (Å²) in [6.07, 6.45) is 6.56. The molecule has 1 aliphatic carbocycles. The van der Waals surface area contributed by atoms with E-state index in [1.165, 1.54) is 76.1 Å². The van der Waals surface area contributed by atoms with Crippen molar-refractivity contribution in [1.82, 2.24) is 9.55 Å². The highest BCUT2D eigenvalue weighted by Crippen LogP contribution is 2.41. The first-order valence-electron chi connectivity index (χ1n) is 11.7. The minimum atomic E-state index is 0.591. The van der Waals surface area contributed by atoms with E-state index in [-0.39, 0.29) is 0 Å². The molecule has 0 bridgehead atoms. The van der Waals surface area contributed by atoms with Gasteiger partial charge < -0.3 is 4.57 Å². The Morgan fingerprint density at radius 2 is 1.58 bits per heavy atom. The van der Waals surface area contributed by atoms with Crippen molar-refractivity contribution in [3.63, 3.8) is 0 Å². The van der Waals surface area contributed by atoms with Crippen LogP contribution in [0.4, 0.5) is 0 Å². The van der Waals surface area contributed by atoms with Gasteiger partial charge in [0.15, 0.2) is 0 Å². The fraction of sp³-hybridized carbons (Fsp3) is 0.276. The highest BCUT2D eigenvalue weighted by molar-refractivity contribution is 6.23. The molecule has 0 radical (unpaired) electrons. The zero-order valence-electron chi connectivity index (χ0n) is 18.1. The number of hydrogen-bond donors (Lipinski definition) is 0. The van der Waals surface area contributed by atoms with Crippen molar-refractivity contribution < 1.29 is 0 Å². The van der Waals surface area contributed by atoms with Gasteiger partial charge in [0.25, 0.3) is 0 Å². The van der Waals surface area contributed by atoms with Crippen LogP contribution in [0.1, 0.15) is 50.6 Å². The van der Waals surface area contributed by atoms with Crippen LogP contribution in [0.2, 0.25) is 0 Å². The molecule has 0 saturated heterocycles. The smallest absolute Gasteiger partial charge is 0.0719 e. The van der Waals surface area contributed by atoms with E-state index in [0.717, 1.165) is 12.1 Å². The van der Waals surface area contributed by atoms with Crippen LogP contribution >= 0.6 is 0 Å². The Kier molecular flexibility index (Phi) is 4.52. The van der Waals surface area contributed by atoms with Gasteiger partial charge in [0.2, 0.25) is 0 Å². The molecule has 2 aromatic heterocycles. The standard InChI is InChI=1S/C29H28N2/c1-2-31-26-16-10-9-15-22(26)29-27(31)18-17-24-28(29)23(20-11-5-3-6-12-20)19-25(30-24)21-13-7-4-8-14-21/h3,5-6,9-12,15-19,21H,2,4,7-8,13-14H2,1H3. The number of fused-ring (bicyclic) bond motifs is 5. The molecule has 1 aliphatic rings. The number of aromatic nitrogens is 2. The van der Waals surface area contributed by atoms with Crippen molar-refractivity contribution in [2.24, 2.45) is 0 Å². The molecule has 0 spiro atoms. The van der Waals surface area contributed by atoms with Crippen LogP contribution in [0.5, 0.6) is 0 Å². The molecule has 5 aromatic rings. The molecule has 0 aliphatic heterocycles. The minimum Gasteiger partial charge on any atom is -0.341 e. The molecule has 1 saturated carbocycles. The molecule has 0 unspecified atom stereocenters. The number of para-hydroxylation sites is 1. The Balaban J connectivity index is 1.75. The highest BCUT2D eigenvalue weighted by atomic mass is 15.0. The van der Waals surface area contributed by atoms with Crippen LogP contribution in [0, 0.1) is 0 Å². The molecule has 6 rings (SSSR count). The lowest BCUT2D eigenvalue weighted by Crippen LogP contribution is -2.07. The molecule has 31 heavy (non-hydrogen) atoms. The van der Waals surface area contributed by atoms with Gasteiger partial charge in [-0.3, -0.25) is 4.98 Å². The second kappa shape index (κ2) is 7.53. The van der Waals surface area contributed by atoms with Crippen LogP contribution in [-0.4, -0.2) is 9.55 Å². The predicted octanol–water partition coefficient (Wildman–Crippen LogP) is 8.08. The Bertz CT molecular complexity index is 1390. The number of benzene rings is 3. The summed E-state index contributed by atoms with van der Waals surface area (Å²) in [5.74, 6) is 0.591. The average Bonchev–Trinajstić information content (AvgIpc) is 3.18. The number of rotatable bonds is 3. The zero-order valence-corrected chi connectivity index (χ0v) is 18.1. The Hall–Kier alpha value is -3.13. The normalized spacial score (nSPS) is 15.3.